The highest BCUT2D eigenvalue weighted by Crippen LogP contribution is 2.17. The fourth-order valence-corrected chi connectivity index (χ4v) is 3.13. The Kier molecular flexibility index (Phi) is 6.64. The van der Waals surface area contributed by atoms with Gasteiger partial charge in [0.1, 0.15) is 6.07 Å². The monoisotopic (exact) mass is 370 g/mol. The molecule has 2 atom stereocenters. The molecule has 2 aromatic carbocycles. The Morgan fingerprint density at radius 2 is 1.85 bits per heavy atom. The van der Waals surface area contributed by atoms with E-state index >= 15 is 0 Å². The number of benzene rings is 2. The van der Waals surface area contributed by atoms with E-state index in [9.17, 15) is 13.8 Å². The Morgan fingerprint density at radius 3 is 2.54 bits per heavy atom. The van der Waals surface area contributed by atoms with Gasteiger partial charge >= 0.3 is 5.97 Å². The summed E-state index contributed by atoms with van der Waals surface area (Å²) >= 11 is 0. The van der Waals surface area contributed by atoms with Crippen molar-refractivity contribution in [3.8, 4) is 6.07 Å². The Balaban J connectivity index is 2.11. The molecule has 0 fully saturated rings. The van der Waals surface area contributed by atoms with E-state index in [1.54, 1.807) is 49.4 Å². The number of hydrogen-bond donors (Lipinski definition) is 1. The number of amides is 1. The quantitative estimate of drug-likeness (QED) is 0.789. The number of esters is 1. The second-order valence-electron chi connectivity index (χ2n) is 5.32. The van der Waals surface area contributed by atoms with Gasteiger partial charge in [-0.15, -0.1) is 0 Å². The van der Waals surface area contributed by atoms with Gasteiger partial charge in [-0.1, -0.05) is 31.2 Å². The summed E-state index contributed by atoms with van der Waals surface area (Å²) in [6.07, 6.45) is -1.09. The van der Waals surface area contributed by atoms with E-state index in [-0.39, 0.29) is 5.56 Å². The van der Waals surface area contributed by atoms with E-state index in [1.807, 2.05) is 6.07 Å². The lowest BCUT2D eigenvalue weighted by molar-refractivity contribution is -0.123. The average Bonchev–Trinajstić information content (AvgIpc) is 2.67. The molecule has 0 spiro atoms. The van der Waals surface area contributed by atoms with Crippen molar-refractivity contribution in [2.45, 2.75) is 24.8 Å². The molecule has 2 rings (SSSR count). The van der Waals surface area contributed by atoms with Crippen molar-refractivity contribution in [1.29, 1.82) is 5.26 Å². The number of ether oxygens (including phenoxy) is 1. The van der Waals surface area contributed by atoms with Gasteiger partial charge in [-0.3, -0.25) is 9.00 Å². The first-order valence-electron chi connectivity index (χ1n) is 7.96. The summed E-state index contributed by atoms with van der Waals surface area (Å²) < 4.78 is 17.3. The summed E-state index contributed by atoms with van der Waals surface area (Å²) in [6.45, 7) is 3.18. The standard InChI is InChI=1S/C19H18N2O4S/c1-3-26(24)17-11-7-5-9-15(17)19(23)25-13(2)18(22)21-16-10-6-4-8-14(16)12-20/h4-11,13H,3H2,1-2H3,(H,21,22)/t13-,26+/m0/s1. The first-order valence-corrected chi connectivity index (χ1v) is 9.28. The van der Waals surface area contributed by atoms with Gasteiger partial charge in [-0.05, 0) is 31.2 Å². The number of rotatable bonds is 6. The van der Waals surface area contributed by atoms with Gasteiger partial charge in [-0.2, -0.15) is 5.26 Å². The largest absolute Gasteiger partial charge is 0.449 e. The number of hydrogen-bond acceptors (Lipinski definition) is 5. The third-order valence-corrected chi connectivity index (χ3v) is 4.94. The summed E-state index contributed by atoms with van der Waals surface area (Å²) in [5.41, 5.74) is 0.822. The maximum atomic E-state index is 12.4. The van der Waals surface area contributed by atoms with Crippen LogP contribution in [0.3, 0.4) is 0 Å². The molecule has 134 valence electrons. The molecule has 2 aromatic rings. The van der Waals surface area contributed by atoms with Crippen LogP contribution in [0.25, 0.3) is 0 Å². The molecule has 1 N–H and O–H groups in total. The van der Waals surface area contributed by atoms with Gasteiger partial charge < -0.3 is 10.1 Å². The van der Waals surface area contributed by atoms with Crippen LogP contribution in [0.15, 0.2) is 53.4 Å². The number of nitrogens with zero attached hydrogens (tertiary/aromatic N) is 1. The highest BCUT2D eigenvalue weighted by atomic mass is 32.2. The molecule has 6 nitrogen and oxygen atoms in total. The molecule has 0 unspecified atom stereocenters. The lowest BCUT2D eigenvalue weighted by Gasteiger charge is -2.15. The van der Waals surface area contributed by atoms with E-state index < -0.39 is 28.8 Å². The van der Waals surface area contributed by atoms with Crippen molar-refractivity contribution in [1.82, 2.24) is 0 Å². The van der Waals surface area contributed by atoms with Gasteiger partial charge in [0.15, 0.2) is 6.10 Å². The zero-order valence-electron chi connectivity index (χ0n) is 14.4. The number of anilines is 1. The minimum atomic E-state index is -1.32. The molecule has 26 heavy (non-hydrogen) atoms. The molecule has 0 aliphatic rings. The van der Waals surface area contributed by atoms with Crippen LogP contribution in [-0.4, -0.2) is 27.9 Å². The van der Waals surface area contributed by atoms with E-state index in [2.05, 4.69) is 5.32 Å². The lowest BCUT2D eigenvalue weighted by Crippen LogP contribution is -2.30. The van der Waals surface area contributed by atoms with Gasteiger partial charge in [0.25, 0.3) is 5.91 Å². The Hall–Kier alpha value is -2.98. The molecular weight excluding hydrogens is 352 g/mol. The van der Waals surface area contributed by atoms with Crippen LogP contribution < -0.4 is 5.32 Å². The van der Waals surface area contributed by atoms with Crippen LogP contribution in [0.1, 0.15) is 29.8 Å². The smallest absolute Gasteiger partial charge is 0.340 e. The second kappa shape index (κ2) is 8.92. The van der Waals surface area contributed by atoms with Gasteiger partial charge in [0.05, 0.1) is 32.5 Å². The van der Waals surface area contributed by atoms with Crippen molar-refractivity contribution in [3.63, 3.8) is 0 Å². The zero-order chi connectivity index (χ0) is 19.1. The van der Waals surface area contributed by atoms with Gasteiger partial charge in [0.2, 0.25) is 0 Å². The molecule has 1 amide bonds. The third kappa shape index (κ3) is 4.55. The summed E-state index contributed by atoms with van der Waals surface area (Å²) in [5.74, 6) is -0.917. The zero-order valence-corrected chi connectivity index (χ0v) is 15.2. The molecule has 0 aromatic heterocycles. The lowest BCUT2D eigenvalue weighted by atomic mass is 10.2. The van der Waals surface area contributed by atoms with Crippen molar-refractivity contribution < 1.29 is 18.5 Å². The number of nitrogens with one attached hydrogen (secondary N) is 1. The molecule has 7 heteroatoms. The van der Waals surface area contributed by atoms with Gasteiger partial charge in [0, 0.05) is 5.75 Å². The minimum absolute atomic E-state index is 0.171. The van der Waals surface area contributed by atoms with Gasteiger partial charge in [-0.25, -0.2) is 4.79 Å². The van der Waals surface area contributed by atoms with Crippen LogP contribution >= 0.6 is 0 Å². The fourth-order valence-electron chi connectivity index (χ4n) is 2.19. The summed E-state index contributed by atoms with van der Waals surface area (Å²) in [5, 5.41) is 11.6. The molecule has 0 bridgehead atoms. The maximum absolute atomic E-state index is 12.4. The summed E-state index contributed by atoms with van der Waals surface area (Å²) in [7, 11) is -1.32. The molecule has 0 saturated heterocycles. The average molecular weight is 370 g/mol. The summed E-state index contributed by atoms with van der Waals surface area (Å²) in [6, 6.07) is 14.9. The van der Waals surface area contributed by atoms with Crippen LogP contribution in [0.2, 0.25) is 0 Å². The third-order valence-electron chi connectivity index (χ3n) is 3.57. The van der Waals surface area contributed by atoms with Crippen LogP contribution in [-0.2, 0) is 20.3 Å². The Bertz CT molecular complexity index is 889. The topological polar surface area (TPSA) is 96.3 Å². The Labute approximate surface area is 154 Å². The fraction of sp³-hybridized carbons (Fsp3) is 0.211. The SMILES string of the molecule is CC[S@@](=O)c1ccccc1C(=O)O[C@@H](C)C(=O)Nc1ccccc1C#N. The highest BCUT2D eigenvalue weighted by Gasteiger charge is 2.22. The van der Waals surface area contributed by atoms with E-state index in [4.69, 9.17) is 10.00 Å². The van der Waals surface area contributed by atoms with E-state index in [0.29, 0.717) is 21.9 Å². The maximum Gasteiger partial charge on any atom is 0.340 e. The summed E-state index contributed by atoms with van der Waals surface area (Å²) in [4.78, 5) is 25.0. The molecule has 0 heterocycles. The van der Waals surface area contributed by atoms with Crippen molar-refractivity contribution in [3.05, 3.63) is 59.7 Å². The number of nitriles is 1. The molecule has 0 aliphatic heterocycles. The minimum Gasteiger partial charge on any atom is -0.449 e. The van der Waals surface area contributed by atoms with Crippen LogP contribution in [0, 0.1) is 11.3 Å². The molecule has 0 radical (unpaired) electrons. The predicted octanol–water partition coefficient (Wildman–Crippen LogP) is 2.87. The first-order chi connectivity index (χ1) is 12.5. The highest BCUT2D eigenvalue weighted by molar-refractivity contribution is 7.85. The first kappa shape index (κ1) is 19.3. The Morgan fingerprint density at radius 1 is 1.19 bits per heavy atom. The molecule has 0 aliphatic carbocycles. The van der Waals surface area contributed by atoms with Crippen molar-refractivity contribution in [2.75, 3.05) is 11.1 Å². The van der Waals surface area contributed by atoms with E-state index in [1.165, 1.54) is 13.0 Å². The number of carbonyl (C=O) groups is 2. The van der Waals surface area contributed by atoms with E-state index in [0.717, 1.165) is 0 Å². The molecular formula is C19H18N2O4S. The van der Waals surface area contributed by atoms with Crippen LogP contribution in [0.4, 0.5) is 5.69 Å². The normalized spacial score (nSPS) is 12.5. The van der Waals surface area contributed by atoms with Crippen LogP contribution in [0.5, 0.6) is 0 Å². The van der Waals surface area contributed by atoms with Crippen molar-refractivity contribution >= 4 is 28.4 Å². The predicted molar refractivity (Wildman–Crippen MR) is 98.1 cm³/mol. The molecule has 0 saturated carbocycles. The number of carbonyl (C=O) groups excluding carboxylic acids is 2. The second-order valence-corrected chi connectivity index (χ2v) is 7.03. The number of para-hydroxylation sites is 1. The van der Waals surface area contributed by atoms with Crippen molar-refractivity contribution in [2.24, 2.45) is 0 Å².